The number of alkyl halides is 1. The molecule has 0 bridgehead atoms. The summed E-state index contributed by atoms with van der Waals surface area (Å²) in [6.45, 7) is 4.27. The van der Waals surface area contributed by atoms with Crippen molar-refractivity contribution < 1.29 is 33.0 Å². The van der Waals surface area contributed by atoms with Crippen LogP contribution in [0.5, 0.6) is 0 Å². The molecule has 0 aromatic heterocycles. The Balaban J connectivity index is 3.07. The number of benzene rings is 1. The highest BCUT2D eigenvalue weighted by Crippen LogP contribution is 2.29. The van der Waals surface area contributed by atoms with E-state index in [9.17, 15) is 9.59 Å². The predicted octanol–water partition coefficient (Wildman–Crippen LogP) is 3.92. The molecule has 0 unspecified atom stereocenters. The van der Waals surface area contributed by atoms with Gasteiger partial charge in [0.25, 0.3) is 0 Å². The minimum atomic E-state index is -2.88. The van der Waals surface area contributed by atoms with E-state index in [4.69, 9.17) is 19.0 Å². The Kier molecular flexibility index (Phi) is 9.71. The maximum Gasteiger partial charge on any atom is 0.438 e. The molecule has 158 valence electrons. The van der Waals surface area contributed by atoms with Gasteiger partial charge in [-0.1, -0.05) is 30.3 Å². The van der Waals surface area contributed by atoms with Crippen molar-refractivity contribution in [3.8, 4) is 0 Å². The highest BCUT2D eigenvalue weighted by molar-refractivity contribution is 7.98. The first-order valence-electron chi connectivity index (χ1n) is 8.68. The molecule has 0 fully saturated rings. The summed E-state index contributed by atoms with van der Waals surface area (Å²) < 4.78 is 30.9. The fraction of sp³-hybridized carbons (Fsp3) is 0.579. The lowest BCUT2D eigenvalue weighted by Gasteiger charge is -2.34. The van der Waals surface area contributed by atoms with E-state index in [1.165, 1.54) is 18.9 Å². The third-order valence-electron chi connectivity index (χ3n) is 3.34. The molecular weight excluding hydrogens is 389 g/mol. The zero-order chi connectivity index (χ0) is 21.2. The molecule has 0 radical (unpaired) electrons. The maximum absolute atomic E-state index is 15.8. The van der Waals surface area contributed by atoms with E-state index < -0.39 is 30.2 Å². The van der Waals surface area contributed by atoms with E-state index >= 15 is 4.39 Å². The van der Waals surface area contributed by atoms with Crippen molar-refractivity contribution in [1.29, 1.82) is 0 Å². The van der Waals surface area contributed by atoms with Crippen LogP contribution in [0.25, 0.3) is 0 Å². The number of thioether (sulfide) groups is 1. The largest absolute Gasteiger partial charge is 0.457 e. The lowest BCUT2D eigenvalue weighted by molar-refractivity contribution is -0.277. The van der Waals surface area contributed by atoms with E-state index in [1.807, 2.05) is 6.07 Å². The van der Waals surface area contributed by atoms with Gasteiger partial charge in [0, 0.05) is 13.5 Å². The van der Waals surface area contributed by atoms with Crippen LogP contribution in [-0.4, -0.2) is 54.4 Å². The number of nitrogens with zero attached hydrogens (tertiary/aromatic N) is 1. The molecule has 0 N–H and O–H groups in total. The molecule has 1 aromatic rings. The number of halogens is 1. The Morgan fingerprint density at radius 1 is 1.18 bits per heavy atom. The monoisotopic (exact) mass is 417 g/mol. The average molecular weight is 417 g/mol. The second kappa shape index (κ2) is 11.2. The Bertz CT molecular complexity index is 625. The lowest BCUT2D eigenvalue weighted by Crippen LogP contribution is -2.56. The lowest BCUT2D eigenvalue weighted by atomic mass is 10.1. The summed E-state index contributed by atoms with van der Waals surface area (Å²) in [5, 5.41) is 0.269. The van der Waals surface area contributed by atoms with Gasteiger partial charge in [0.2, 0.25) is 0 Å². The minimum Gasteiger partial charge on any atom is -0.457 e. The zero-order valence-corrected chi connectivity index (χ0v) is 17.7. The van der Waals surface area contributed by atoms with Gasteiger partial charge in [-0.25, -0.2) is 18.8 Å². The molecule has 0 saturated carbocycles. The zero-order valence-electron chi connectivity index (χ0n) is 16.9. The Morgan fingerprint density at radius 2 is 1.82 bits per heavy atom. The number of methoxy groups -OCH3 is 1. The molecule has 7 nitrogen and oxygen atoms in total. The molecule has 0 aliphatic heterocycles. The van der Waals surface area contributed by atoms with Crippen LogP contribution in [-0.2, 0) is 30.4 Å². The maximum atomic E-state index is 15.8. The van der Waals surface area contributed by atoms with E-state index in [0.29, 0.717) is 5.56 Å². The Hall–Kier alpha value is -1.84. The predicted molar refractivity (Wildman–Crippen MR) is 104 cm³/mol. The van der Waals surface area contributed by atoms with Crippen LogP contribution in [0.2, 0.25) is 0 Å². The number of hydrogen-bond donors (Lipinski definition) is 0. The van der Waals surface area contributed by atoms with Crippen molar-refractivity contribution in [3.05, 3.63) is 35.9 Å². The third-order valence-corrected chi connectivity index (χ3v) is 3.96. The second-order valence-electron chi connectivity index (χ2n) is 6.87. The van der Waals surface area contributed by atoms with Crippen LogP contribution >= 0.6 is 11.8 Å². The summed E-state index contributed by atoms with van der Waals surface area (Å²) in [5.41, 5.74) is -0.232. The van der Waals surface area contributed by atoms with E-state index in [2.05, 4.69) is 0 Å². The van der Waals surface area contributed by atoms with Gasteiger partial charge >= 0.3 is 17.9 Å². The van der Waals surface area contributed by atoms with Gasteiger partial charge in [-0.3, -0.25) is 0 Å². The molecule has 0 spiro atoms. The van der Waals surface area contributed by atoms with Gasteiger partial charge < -0.3 is 14.2 Å². The summed E-state index contributed by atoms with van der Waals surface area (Å²) in [6, 6.07) is 8.83. The first kappa shape index (κ1) is 24.2. The molecule has 0 saturated heterocycles. The molecule has 1 aromatic carbocycles. The van der Waals surface area contributed by atoms with Crippen LogP contribution in [0.1, 0.15) is 32.8 Å². The summed E-state index contributed by atoms with van der Waals surface area (Å²) in [5.74, 6) is -3.88. The number of rotatable bonds is 10. The molecule has 28 heavy (non-hydrogen) atoms. The van der Waals surface area contributed by atoms with Crippen molar-refractivity contribution in [1.82, 2.24) is 5.06 Å². The number of esters is 1. The second-order valence-corrected chi connectivity index (χ2v) is 7.86. The number of hydrogen-bond acceptors (Lipinski definition) is 7. The highest BCUT2D eigenvalue weighted by atomic mass is 32.2. The molecule has 0 heterocycles. The van der Waals surface area contributed by atoms with Crippen molar-refractivity contribution in [2.45, 2.75) is 45.2 Å². The van der Waals surface area contributed by atoms with Crippen LogP contribution in [0, 0.1) is 0 Å². The summed E-state index contributed by atoms with van der Waals surface area (Å²) in [6.07, 6.45) is 0.263. The number of carbonyl (C=O) groups excluding carboxylic acids is 2. The Morgan fingerprint density at radius 3 is 2.36 bits per heavy atom. The fourth-order valence-corrected chi connectivity index (χ4v) is 2.54. The molecular formula is C19H28FNO6S. The SMILES string of the molecule is COCON(C(=O)OC(C)(C)C)[C@](F)(CCSC)C(=O)OCc1ccccc1. The summed E-state index contributed by atoms with van der Waals surface area (Å²) in [7, 11) is 1.31. The minimum absolute atomic E-state index is 0.142. The smallest absolute Gasteiger partial charge is 0.438 e. The van der Waals surface area contributed by atoms with Gasteiger partial charge in [-0.15, -0.1) is 5.06 Å². The summed E-state index contributed by atoms with van der Waals surface area (Å²) >= 11 is 1.31. The van der Waals surface area contributed by atoms with Crippen LogP contribution in [0.4, 0.5) is 9.18 Å². The number of ether oxygens (including phenoxy) is 3. The van der Waals surface area contributed by atoms with Crippen molar-refractivity contribution in [2.75, 3.05) is 25.9 Å². The molecule has 0 aliphatic carbocycles. The Labute approximate surface area is 169 Å². The molecule has 0 aliphatic rings. The van der Waals surface area contributed by atoms with Gasteiger partial charge in [0.05, 0.1) is 0 Å². The van der Waals surface area contributed by atoms with E-state index in [-0.39, 0.29) is 23.8 Å². The van der Waals surface area contributed by atoms with Crippen molar-refractivity contribution >= 4 is 23.8 Å². The quantitative estimate of drug-likeness (QED) is 0.247. The highest BCUT2D eigenvalue weighted by Gasteiger charge is 2.51. The third kappa shape index (κ3) is 7.65. The van der Waals surface area contributed by atoms with Crippen LogP contribution < -0.4 is 0 Å². The first-order valence-corrected chi connectivity index (χ1v) is 10.1. The van der Waals surface area contributed by atoms with Crippen molar-refractivity contribution in [3.63, 3.8) is 0 Å². The summed E-state index contributed by atoms with van der Waals surface area (Å²) in [4.78, 5) is 30.2. The normalized spacial score (nSPS) is 13.5. The van der Waals surface area contributed by atoms with Gasteiger partial charge in [-0.2, -0.15) is 11.8 Å². The van der Waals surface area contributed by atoms with Crippen LogP contribution in [0.3, 0.4) is 0 Å². The number of amides is 1. The molecule has 9 heteroatoms. The first-order chi connectivity index (χ1) is 13.1. The molecule has 1 atom stereocenters. The molecule has 1 rings (SSSR count). The standard InChI is InChI=1S/C19H28FNO6S/c1-18(2,3)27-17(23)21(26-14-24-4)19(20,11-12-28-5)16(22)25-13-15-9-7-6-8-10-15/h6-10H,11-14H2,1-5H3/t19-/m1/s1. The van der Waals surface area contributed by atoms with Gasteiger partial charge in [-0.05, 0) is 38.3 Å². The fourth-order valence-electron chi connectivity index (χ4n) is 2.07. The number of hydroxylamine groups is 2. The topological polar surface area (TPSA) is 74.3 Å². The van der Waals surface area contributed by atoms with E-state index in [1.54, 1.807) is 51.3 Å². The number of carbonyl (C=O) groups is 2. The van der Waals surface area contributed by atoms with E-state index in [0.717, 1.165) is 0 Å². The van der Waals surface area contributed by atoms with Gasteiger partial charge in [0.1, 0.15) is 12.2 Å². The van der Waals surface area contributed by atoms with Crippen LogP contribution in [0.15, 0.2) is 30.3 Å². The average Bonchev–Trinajstić information content (AvgIpc) is 2.64. The molecule has 1 amide bonds. The van der Waals surface area contributed by atoms with Crippen molar-refractivity contribution in [2.24, 2.45) is 0 Å². The van der Waals surface area contributed by atoms with Gasteiger partial charge in [0.15, 0.2) is 6.79 Å².